The molecular formula is C17H22ClN3. The van der Waals surface area contributed by atoms with Crippen LogP contribution in [0.5, 0.6) is 0 Å². The molecule has 0 saturated heterocycles. The summed E-state index contributed by atoms with van der Waals surface area (Å²) in [5.74, 6) is 0. The number of benzene rings is 1. The van der Waals surface area contributed by atoms with Gasteiger partial charge in [-0.05, 0) is 48.9 Å². The van der Waals surface area contributed by atoms with E-state index in [4.69, 9.17) is 11.6 Å². The van der Waals surface area contributed by atoms with E-state index in [1.807, 2.05) is 24.5 Å². The van der Waals surface area contributed by atoms with E-state index in [-0.39, 0.29) is 0 Å². The number of nitrogens with zero attached hydrogens (tertiary/aromatic N) is 2. The number of rotatable bonds is 7. The topological polar surface area (TPSA) is 28.2 Å². The van der Waals surface area contributed by atoms with E-state index in [2.05, 4.69) is 47.2 Å². The molecule has 2 rings (SSSR count). The average Bonchev–Trinajstić information content (AvgIpc) is 2.52. The van der Waals surface area contributed by atoms with Crippen molar-refractivity contribution in [2.24, 2.45) is 0 Å². The van der Waals surface area contributed by atoms with Gasteiger partial charge in [-0.2, -0.15) is 0 Å². The number of nitrogens with one attached hydrogen (secondary N) is 1. The number of aromatic nitrogens is 1. The molecular weight excluding hydrogens is 282 g/mol. The fourth-order valence-corrected chi connectivity index (χ4v) is 2.47. The molecule has 0 aliphatic carbocycles. The molecule has 0 saturated carbocycles. The quantitative estimate of drug-likeness (QED) is 0.841. The summed E-state index contributed by atoms with van der Waals surface area (Å²) in [6.07, 6.45) is 3.66. The van der Waals surface area contributed by atoms with Crippen LogP contribution < -0.4 is 10.2 Å². The zero-order valence-corrected chi connectivity index (χ0v) is 13.4. The predicted molar refractivity (Wildman–Crippen MR) is 89.8 cm³/mol. The highest BCUT2D eigenvalue weighted by Gasteiger charge is 2.08. The highest BCUT2D eigenvalue weighted by atomic mass is 35.5. The van der Waals surface area contributed by atoms with Crippen LogP contribution in [0.15, 0.2) is 42.7 Å². The fraction of sp³-hybridized carbons (Fsp3) is 0.353. The van der Waals surface area contributed by atoms with Gasteiger partial charge in [0.05, 0.1) is 0 Å². The van der Waals surface area contributed by atoms with Crippen LogP contribution in [-0.4, -0.2) is 18.1 Å². The highest BCUT2D eigenvalue weighted by molar-refractivity contribution is 6.31. The lowest BCUT2D eigenvalue weighted by atomic mass is 10.1. The fourth-order valence-electron chi connectivity index (χ4n) is 2.23. The first-order valence-corrected chi connectivity index (χ1v) is 7.75. The molecule has 1 N–H and O–H groups in total. The van der Waals surface area contributed by atoms with Crippen molar-refractivity contribution < 1.29 is 0 Å². The summed E-state index contributed by atoms with van der Waals surface area (Å²) in [7, 11) is 0. The first-order valence-electron chi connectivity index (χ1n) is 7.37. The second kappa shape index (κ2) is 8.01. The Morgan fingerprint density at radius 3 is 2.52 bits per heavy atom. The molecule has 1 heterocycles. The van der Waals surface area contributed by atoms with Gasteiger partial charge < -0.3 is 10.2 Å². The Bertz CT molecular complexity index is 557. The van der Waals surface area contributed by atoms with Gasteiger partial charge in [-0.3, -0.25) is 4.98 Å². The van der Waals surface area contributed by atoms with Gasteiger partial charge in [-0.25, -0.2) is 0 Å². The molecule has 0 bridgehead atoms. The Labute approximate surface area is 132 Å². The number of pyridine rings is 1. The SMILES string of the molecule is CCNCc1ccc(N(CC)Cc2ccncc2)cc1Cl. The smallest absolute Gasteiger partial charge is 0.0471 e. The summed E-state index contributed by atoms with van der Waals surface area (Å²) >= 11 is 6.39. The summed E-state index contributed by atoms with van der Waals surface area (Å²) in [5.41, 5.74) is 3.54. The first-order chi connectivity index (χ1) is 10.2. The van der Waals surface area contributed by atoms with Crippen LogP contribution >= 0.6 is 11.6 Å². The van der Waals surface area contributed by atoms with E-state index in [9.17, 15) is 0 Å². The van der Waals surface area contributed by atoms with E-state index in [0.29, 0.717) is 0 Å². The van der Waals surface area contributed by atoms with Gasteiger partial charge >= 0.3 is 0 Å². The second-order valence-electron chi connectivity index (χ2n) is 4.93. The number of anilines is 1. The van der Waals surface area contributed by atoms with Crippen LogP contribution in [0.1, 0.15) is 25.0 Å². The Hall–Kier alpha value is -1.58. The maximum atomic E-state index is 6.39. The molecule has 0 aliphatic rings. The van der Waals surface area contributed by atoms with Gasteiger partial charge in [0, 0.05) is 42.7 Å². The molecule has 4 heteroatoms. The average molecular weight is 304 g/mol. The van der Waals surface area contributed by atoms with E-state index in [0.717, 1.165) is 42.5 Å². The van der Waals surface area contributed by atoms with Crippen molar-refractivity contribution in [3.05, 3.63) is 58.9 Å². The Morgan fingerprint density at radius 1 is 1.14 bits per heavy atom. The molecule has 0 amide bonds. The predicted octanol–water partition coefficient (Wildman–Crippen LogP) is 3.87. The largest absolute Gasteiger partial charge is 0.367 e. The molecule has 112 valence electrons. The zero-order valence-electron chi connectivity index (χ0n) is 12.6. The van der Waals surface area contributed by atoms with Crippen molar-refractivity contribution in [2.75, 3.05) is 18.0 Å². The van der Waals surface area contributed by atoms with Gasteiger partial charge in [0.15, 0.2) is 0 Å². The summed E-state index contributed by atoms with van der Waals surface area (Å²) < 4.78 is 0. The standard InChI is InChI=1S/C17H22ClN3/c1-3-19-12-15-5-6-16(11-17(15)18)21(4-2)13-14-7-9-20-10-8-14/h5-11,19H,3-4,12-13H2,1-2H3. The van der Waals surface area contributed by atoms with Gasteiger partial charge in [-0.1, -0.05) is 24.6 Å². The third-order valence-corrected chi connectivity index (χ3v) is 3.82. The molecule has 0 fully saturated rings. The minimum absolute atomic E-state index is 0.812. The lowest BCUT2D eigenvalue weighted by Gasteiger charge is -2.24. The summed E-state index contributed by atoms with van der Waals surface area (Å²) in [6.45, 7) is 7.80. The van der Waals surface area contributed by atoms with Crippen molar-refractivity contribution >= 4 is 17.3 Å². The third-order valence-electron chi connectivity index (χ3n) is 3.47. The number of halogens is 1. The normalized spacial score (nSPS) is 10.6. The molecule has 3 nitrogen and oxygen atoms in total. The Kier molecular flexibility index (Phi) is 6.03. The van der Waals surface area contributed by atoms with E-state index in [1.54, 1.807) is 0 Å². The molecule has 1 aromatic heterocycles. The van der Waals surface area contributed by atoms with Gasteiger partial charge in [0.25, 0.3) is 0 Å². The van der Waals surface area contributed by atoms with Crippen LogP contribution in [0, 0.1) is 0 Å². The number of hydrogen-bond donors (Lipinski definition) is 1. The monoisotopic (exact) mass is 303 g/mol. The molecule has 1 aromatic carbocycles. The minimum Gasteiger partial charge on any atom is -0.367 e. The summed E-state index contributed by atoms with van der Waals surface area (Å²) in [4.78, 5) is 6.36. The van der Waals surface area contributed by atoms with Gasteiger partial charge in [0.2, 0.25) is 0 Å². The Morgan fingerprint density at radius 2 is 1.90 bits per heavy atom. The van der Waals surface area contributed by atoms with Crippen LogP contribution in [0.25, 0.3) is 0 Å². The van der Waals surface area contributed by atoms with E-state index >= 15 is 0 Å². The molecule has 0 unspecified atom stereocenters. The molecule has 2 aromatic rings. The Balaban J connectivity index is 2.13. The van der Waals surface area contributed by atoms with Crippen LogP contribution in [-0.2, 0) is 13.1 Å². The van der Waals surface area contributed by atoms with Crippen molar-refractivity contribution in [1.82, 2.24) is 10.3 Å². The second-order valence-corrected chi connectivity index (χ2v) is 5.33. The maximum Gasteiger partial charge on any atom is 0.0471 e. The molecule has 0 spiro atoms. The lowest BCUT2D eigenvalue weighted by molar-refractivity contribution is 0.726. The van der Waals surface area contributed by atoms with Crippen molar-refractivity contribution in [3.63, 3.8) is 0 Å². The summed E-state index contributed by atoms with van der Waals surface area (Å²) in [5, 5.41) is 4.12. The van der Waals surface area contributed by atoms with Crippen LogP contribution in [0.2, 0.25) is 5.02 Å². The third kappa shape index (κ3) is 4.45. The molecule has 0 aliphatic heterocycles. The van der Waals surface area contributed by atoms with Gasteiger partial charge in [0.1, 0.15) is 0 Å². The molecule has 0 radical (unpaired) electrons. The number of hydrogen-bond acceptors (Lipinski definition) is 3. The first kappa shape index (κ1) is 15.8. The maximum absolute atomic E-state index is 6.39. The van der Waals surface area contributed by atoms with Crippen molar-refractivity contribution in [1.29, 1.82) is 0 Å². The van der Waals surface area contributed by atoms with E-state index < -0.39 is 0 Å². The van der Waals surface area contributed by atoms with Crippen LogP contribution in [0.4, 0.5) is 5.69 Å². The lowest BCUT2D eigenvalue weighted by Crippen LogP contribution is -2.22. The molecule has 0 atom stereocenters. The summed E-state index contributed by atoms with van der Waals surface area (Å²) in [6, 6.07) is 10.4. The van der Waals surface area contributed by atoms with Crippen LogP contribution in [0.3, 0.4) is 0 Å². The van der Waals surface area contributed by atoms with Gasteiger partial charge in [-0.15, -0.1) is 0 Å². The van der Waals surface area contributed by atoms with E-state index in [1.165, 1.54) is 5.56 Å². The minimum atomic E-state index is 0.812. The van der Waals surface area contributed by atoms with Crippen molar-refractivity contribution in [3.8, 4) is 0 Å². The highest BCUT2D eigenvalue weighted by Crippen LogP contribution is 2.25. The molecule has 21 heavy (non-hydrogen) atoms. The zero-order chi connectivity index (χ0) is 15.1. The van der Waals surface area contributed by atoms with Crippen molar-refractivity contribution in [2.45, 2.75) is 26.9 Å².